The first-order chi connectivity index (χ1) is 24.3. The molecule has 0 aliphatic rings. The molecule has 53 heavy (non-hydrogen) atoms. The molecule has 0 aliphatic heterocycles. The fraction of sp³-hybridized carbons (Fsp3) is 0.179. The number of amides is 3. The molecule has 0 radical (unpaired) electrons. The average molecular weight is 761 g/mol. The van der Waals surface area contributed by atoms with Gasteiger partial charge in [0.2, 0.25) is 5.91 Å². The van der Waals surface area contributed by atoms with E-state index in [9.17, 15) is 14.4 Å². The van der Waals surface area contributed by atoms with E-state index in [4.69, 9.17) is 26.1 Å². The highest BCUT2D eigenvalue weighted by atomic mass is 35.5. The second kappa shape index (κ2) is 20.9. The molecule has 9 N–H and O–H groups in total. The van der Waals surface area contributed by atoms with Gasteiger partial charge >= 0.3 is 5.96 Å². The zero-order chi connectivity index (χ0) is 35.5. The number of ether oxygens (including phenoxy) is 2. The molecule has 0 saturated carbocycles. The third-order valence-corrected chi connectivity index (χ3v) is 7.89. The lowest BCUT2D eigenvalue weighted by Crippen LogP contribution is -3.00. The molecule has 5 aromatic carbocycles. The maximum absolute atomic E-state index is 13.4. The number of fused-ring (bicyclic) bond motifs is 2. The predicted molar refractivity (Wildman–Crippen MR) is 210 cm³/mol. The standard InChI is InChI=1S/C38H38N6O6.CH4.ClH.H2S/c1-2-21-49-31-18-16-24-9-3-5-13-28(24)34(31)35-29-14-6-4-10-25(29)17-19-32(35)50-23-33(45)43-30(15-8-20-41-38(39)40)37(47)42-27-12-7-11-26(22-27)36(46)44-48;;;/h2-7,9-14,16-19,22,30,48H,1,8,15,20-21,23H2,(H,42,47)(H,43,45)(H,44,46)(H4,39,40,41);1H4;1H;1H2/t30-;;;/m1.../s1. The number of anilines is 1. The molecule has 0 fully saturated rings. The Morgan fingerprint density at radius 2 is 1.45 bits per heavy atom. The number of nitrogens with one attached hydrogen (secondary N) is 4. The number of nitrogens with two attached hydrogens (primary N) is 2. The lowest BCUT2D eigenvalue weighted by atomic mass is 9.92. The van der Waals surface area contributed by atoms with Crippen molar-refractivity contribution in [3.8, 4) is 22.6 Å². The summed E-state index contributed by atoms with van der Waals surface area (Å²) in [6.07, 6.45) is 2.35. The topological polar surface area (TPSA) is 192 Å². The monoisotopic (exact) mass is 760 g/mol. The number of carbonyl (C=O) groups is 3. The first kappa shape index (κ1) is 43.4. The summed E-state index contributed by atoms with van der Waals surface area (Å²) in [5, 5.41) is 18.3. The summed E-state index contributed by atoms with van der Waals surface area (Å²) in [4.78, 5) is 41.6. The van der Waals surface area contributed by atoms with Gasteiger partial charge in [0.05, 0.1) is 6.54 Å². The number of benzene rings is 5. The lowest BCUT2D eigenvalue weighted by molar-refractivity contribution is -0.459. The molecule has 0 spiro atoms. The summed E-state index contributed by atoms with van der Waals surface area (Å²) in [7, 11) is 0. The Hall–Kier alpha value is -5.76. The molecule has 5 rings (SSSR count). The second-order valence-electron chi connectivity index (χ2n) is 11.4. The molecule has 280 valence electrons. The molecular formula is C39H45ClN6O6S. The highest BCUT2D eigenvalue weighted by Crippen LogP contribution is 2.45. The van der Waals surface area contributed by atoms with E-state index in [2.05, 4.69) is 22.2 Å². The van der Waals surface area contributed by atoms with Gasteiger partial charge in [-0.05, 0) is 64.7 Å². The third-order valence-electron chi connectivity index (χ3n) is 7.89. The number of carbonyl (C=O) groups excluding carboxylic acids is 3. The van der Waals surface area contributed by atoms with Crippen molar-refractivity contribution in [1.29, 1.82) is 0 Å². The number of hydrogen-bond acceptors (Lipinski definition) is 6. The van der Waals surface area contributed by atoms with Gasteiger partial charge in [-0.2, -0.15) is 13.5 Å². The van der Waals surface area contributed by atoms with Crippen LogP contribution in [0, 0.1) is 0 Å². The number of guanidine groups is 1. The summed E-state index contributed by atoms with van der Waals surface area (Å²) in [5.74, 6) is -0.654. The minimum atomic E-state index is -0.977. The normalized spacial score (nSPS) is 10.7. The van der Waals surface area contributed by atoms with Gasteiger partial charge in [-0.3, -0.25) is 36.1 Å². The molecule has 0 heterocycles. The van der Waals surface area contributed by atoms with Gasteiger partial charge < -0.3 is 32.5 Å². The minimum Gasteiger partial charge on any atom is -1.00 e. The van der Waals surface area contributed by atoms with Crippen molar-refractivity contribution in [3.05, 3.63) is 115 Å². The summed E-state index contributed by atoms with van der Waals surface area (Å²) < 4.78 is 12.4. The SMILES string of the molecule is C.C=CCOc1ccc2ccccc2c1-c1c(OCC(=O)N[C@H](CCC[NH+]=C(N)N)C(=O)Nc2cccc(C(=O)NO)c2)ccc2ccccc12.S.[Cl-]. The molecule has 0 unspecified atom stereocenters. The first-order valence-electron chi connectivity index (χ1n) is 16.0. The zero-order valence-corrected chi connectivity index (χ0v) is 29.9. The molecular weight excluding hydrogens is 716 g/mol. The fourth-order valence-corrected chi connectivity index (χ4v) is 5.63. The van der Waals surface area contributed by atoms with Gasteiger partial charge in [-0.15, -0.1) is 0 Å². The van der Waals surface area contributed by atoms with Gasteiger partial charge in [-0.25, -0.2) is 5.48 Å². The molecule has 5 aromatic rings. The average Bonchev–Trinajstić information content (AvgIpc) is 3.13. The molecule has 0 aromatic heterocycles. The van der Waals surface area contributed by atoms with Crippen molar-refractivity contribution in [2.45, 2.75) is 26.3 Å². The Morgan fingerprint density at radius 3 is 2.04 bits per heavy atom. The lowest BCUT2D eigenvalue weighted by Gasteiger charge is -2.21. The number of rotatable bonds is 15. The maximum atomic E-state index is 13.4. The van der Waals surface area contributed by atoms with E-state index in [-0.39, 0.29) is 51.3 Å². The largest absolute Gasteiger partial charge is 1.00 e. The number of hydrogen-bond donors (Lipinski definition) is 7. The quantitative estimate of drug-likeness (QED) is 0.0203. The van der Waals surface area contributed by atoms with Crippen molar-refractivity contribution in [3.63, 3.8) is 0 Å². The number of halogens is 1. The Kier molecular flexibility index (Phi) is 17.1. The molecule has 12 nitrogen and oxygen atoms in total. The predicted octanol–water partition coefficient (Wildman–Crippen LogP) is 0.733. The highest BCUT2D eigenvalue weighted by Gasteiger charge is 2.23. The van der Waals surface area contributed by atoms with E-state index in [1.54, 1.807) is 23.7 Å². The summed E-state index contributed by atoms with van der Waals surface area (Å²) in [6.45, 7) is 4.07. The van der Waals surface area contributed by atoms with E-state index in [0.717, 1.165) is 32.7 Å². The van der Waals surface area contributed by atoms with Crippen LogP contribution in [0.2, 0.25) is 0 Å². The first-order valence-corrected chi connectivity index (χ1v) is 16.0. The van der Waals surface area contributed by atoms with Crippen molar-refractivity contribution in [2.24, 2.45) is 11.5 Å². The molecule has 0 aliphatic carbocycles. The summed E-state index contributed by atoms with van der Waals surface area (Å²) in [6, 6.07) is 28.6. The fourth-order valence-electron chi connectivity index (χ4n) is 5.63. The zero-order valence-electron chi connectivity index (χ0n) is 28.2. The van der Waals surface area contributed by atoms with Crippen LogP contribution in [0.25, 0.3) is 32.7 Å². The van der Waals surface area contributed by atoms with Crippen LogP contribution in [-0.4, -0.2) is 54.7 Å². The summed E-state index contributed by atoms with van der Waals surface area (Å²) >= 11 is 0. The Bertz CT molecular complexity index is 2070. The van der Waals surface area contributed by atoms with Crippen molar-refractivity contribution in [2.75, 3.05) is 25.1 Å². The van der Waals surface area contributed by atoms with Crippen LogP contribution in [0.5, 0.6) is 11.5 Å². The van der Waals surface area contributed by atoms with Crippen LogP contribution in [0.3, 0.4) is 0 Å². The van der Waals surface area contributed by atoms with E-state index in [1.807, 2.05) is 72.8 Å². The van der Waals surface area contributed by atoms with Gasteiger partial charge in [0.1, 0.15) is 24.1 Å². The van der Waals surface area contributed by atoms with Crippen LogP contribution >= 0.6 is 13.5 Å². The van der Waals surface area contributed by atoms with E-state index < -0.39 is 30.4 Å². The Morgan fingerprint density at radius 1 is 0.849 bits per heavy atom. The molecule has 3 amide bonds. The van der Waals surface area contributed by atoms with Crippen molar-refractivity contribution < 1.29 is 46.5 Å². The highest BCUT2D eigenvalue weighted by molar-refractivity contribution is 7.59. The van der Waals surface area contributed by atoms with Crippen LogP contribution < -0.4 is 54.5 Å². The van der Waals surface area contributed by atoms with E-state index in [1.165, 1.54) is 12.1 Å². The maximum Gasteiger partial charge on any atom is 0.338 e. The molecule has 14 heteroatoms. The minimum absolute atomic E-state index is 0. The molecule has 0 saturated heterocycles. The van der Waals surface area contributed by atoms with Crippen molar-refractivity contribution in [1.82, 2.24) is 10.8 Å². The van der Waals surface area contributed by atoms with Crippen LogP contribution in [0.1, 0.15) is 30.6 Å². The van der Waals surface area contributed by atoms with Gasteiger partial charge in [0, 0.05) is 22.4 Å². The second-order valence-corrected chi connectivity index (χ2v) is 11.4. The molecule has 1 atom stereocenters. The smallest absolute Gasteiger partial charge is 0.338 e. The van der Waals surface area contributed by atoms with E-state index >= 15 is 0 Å². The third kappa shape index (κ3) is 11.1. The Balaban J connectivity index is 0.00000324. The Labute approximate surface area is 321 Å². The summed E-state index contributed by atoms with van der Waals surface area (Å²) in [5.41, 5.74) is 14.6. The van der Waals surface area contributed by atoms with Crippen molar-refractivity contribution >= 4 is 64.4 Å². The number of hydroxylamine groups is 1. The van der Waals surface area contributed by atoms with Crippen LogP contribution in [-0.2, 0) is 9.59 Å². The van der Waals surface area contributed by atoms with E-state index in [0.29, 0.717) is 36.8 Å². The van der Waals surface area contributed by atoms with Gasteiger partial charge in [-0.1, -0.05) is 86.8 Å². The van der Waals surface area contributed by atoms with Gasteiger partial charge in [0.15, 0.2) is 6.61 Å². The molecule has 0 bridgehead atoms. The van der Waals surface area contributed by atoms with Crippen LogP contribution in [0.4, 0.5) is 5.69 Å². The van der Waals surface area contributed by atoms with Crippen LogP contribution in [0.15, 0.2) is 110 Å². The van der Waals surface area contributed by atoms with Gasteiger partial charge in [0.25, 0.3) is 11.8 Å².